The number of carbonyl (C=O) groups is 1. The predicted molar refractivity (Wildman–Crippen MR) is 37.7 cm³/mol. The van der Waals surface area contributed by atoms with Gasteiger partial charge in [0.2, 0.25) is 0 Å². The molecule has 0 fully saturated rings. The monoisotopic (exact) mass is 144 g/mol. The highest BCUT2D eigenvalue weighted by Gasteiger charge is 1.85. The summed E-state index contributed by atoms with van der Waals surface area (Å²) in [4.78, 5) is 9.90. The van der Waals surface area contributed by atoms with E-state index in [-0.39, 0.29) is 6.61 Å². The van der Waals surface area contributed by atoms with Crippen LogP contribution in [0.15, 0.2) is 12.2 Å². The molecule has 0 atom stereocenters. The lowest BCUT2D eigenvalue weighted by molar-refractivity contribution is -0.131. The van der Waals surface area contributed by atoms with E-state index < -0.39 is 5.97 Å². The predicted octanol–water partition coefficient (Wildman–Crippen LogP) is 0.790. The summed E-state index contributed by atoms with van der Waals surface area (Å²) in [6.45, 7) is 0.181. The summed E-state index contributed by atoms with van der Waals surface area (Å²) >= 11 is 0. The molecule has 0 aliphatic heterocycles. The van der Waals surface area contributed by atoms with Crippen molar-refractivity contribution in [3.05, 3.63) is 12.2 Å². The molecule has 10 heavy (non-hydrogen) atoms. The van der Waals surface area contributed by atoms with Crippen molar-refractivity contribution < 1.29 is 15.0 Å². The van der Waals surface area contributed by atoms with Crippen molar-refractivity contribution in [2.75, 3.05) is 6.61 Å². The van der Waals surface area contributed by atoms with E-state index in [9.17, 15) is 4.79 Å². The van der Waals surface area contributed by atoms with Crippen LogP contribution in [0.4, 0.5) is 0 Å². The van der Waals surface area contributed by atoms with Crippen LogP contribution in [0, 0.1) is 0 Å². The normalized spacial score (nSPS) is 10.5. The topological polar surface area (TPSA) is 57.5 Å². The maximum atomic E-state index is 9.90. The summed E-state index contributed by atoms with van der Waals surface area (Å²) in [5.41, 5.74) is 0. The van der Waals surface area contributed by atoms with Crippen LogP contribution in [0.3, 0.4) is 0 Å². The average molecular weight is 144 g/mol. The molecule has 0 radical (unpaired) electrons. The van der Waals surface area contributed by atoms with E-state index in [0.717, 1.165) is 25.3 Å². The molecule has 2 N–H and O–H groups in total. The van der Waals surface area contributed by atoms with E-state index in [2.05, 4.69) is 0 Å². The molecule has 0 aliphatic rings. The minimum absolute atomic E-state index is 0.181. The fraction of sp³-hybridized carbons (Fsp3) is 0.571. The number of aliphatic hydroxyl groups excluding tert-OH is 1. The molecule has 0 spiro atoms. The van der Waals surface area contributed by atoms with Crippen LogP contribution < -0.4 is 0 Å². The van der Waals surface area contributed by atoms with Gasteiger partial charge in [-0.2, -0.15) is 0 Å². The van der Waals surface area contributed by atoms with Crippen molar-refractivity contribution in [3.8, 4) is 0 Å². The van der Waals surface area contributed by atoms with Crippen LogP contribution in [-0.2, 0) is 4.79 Å². The van der Waals surface area contributed by atoms with Crippen LogP contribution in [0.1, 0.15) is 19.3 Å². The van der Waals surface area contributed by atoms with Crippen LogP contribution >= 0.6 is 0 Å². The maximum Gasteiger partial charge on any atom is 0.327 e. The maximum absolute atomic E-state index is 9.90. The Bertz CT molecular complexity index is 118. The summed E-state index contributed by atoms with van der Waals surface area (Å²) in [7, 11) is 0. The number of hydrogen-bond donors (Lipinski definition) is 2. The molecule has 0 saturated carbocycles. The van der Waals surface area contributed by atoms with Crippen molar-refractivity contribution in [1.82, 2.24) is 0 Å². The minimum atomic E-state index is -0.913. The van der Waals surface area contributed by atoms with Gasteiger partial charge in [0.25, 0.3) is 0 Å². The van der Waals surface area contributed by atoms with Gasteiger partial charge in [0, 0.05) is 12.7 Å². The zero-order chi connectivity index (χ0) is 7.82. The zero-order valence-electron chi connectivity index (χ0n) is 5.79. The summed E-state index contributed by atoms with van der Waals surface area (Å²) < 4.78 is 0. The largest absolute Gasteiger partial charge is 0.478 e. The van der Waals surface area contributed by atoms with Crippen molar-refractivity contribution in [1.29, 1.82) is 0 Å². The minimum Gasteiger partial charge on any atom is -0.478 e. The van der Waals surface area contributed by atoms with Crippen LogP contribution in [0.5, 0.6) is 0 Å². The second kappa shape index (κ2) is 6.29. The number of aliphatic hydroxyl groups is 1. The molecule has 0 aromatic rings. The van der Waals surface area contributed by atoms with Crippen molar-refractivity contribution in [3.63, 3.8) is 0 Å². The van der Waals surface area contributed by atoms with Gasteiger partial charge in [-0.25, -0.2) is 4.79 Å². The Hall–Kier alpha value is -0.830. The Morgan fingerprint density at radius 1 is 1.40 bits per heavy atom. The van der Waals surface area contributed by atoms with Crippen molar-refractivity contribution >= 4 is 5.97 Å². The van der Waals surface area contributed by atoms with Gasteiger partial charge in [-0.3, -0.25) is 0 Å². The van der Waals surface area contributed by atoms with Gasteiger partial charge in [-0.1, -0.05) is 6.08 Å². The van der Waals surface area contributed by atoms with E-state index >= 15 is 0 Å². The van der Waals surface area contributed by atoms with Crippen LogP contribution in [0.25, 0.3) is 0 Å². The van der Waals surface area contributed by atoms with Gasteiger partial charge in [0.1, 0.15) is 0 Å². The van der Waals surface area contributed by atoms with Gasteiger partial charge in [0.05, 0.1) is 0 Å². The molecule has 58 valence electrons. The first kappa shape index (κ1) is 9.17. The molecular formula is C7H12O3. The summed E-state index contributed by atoms with van der Waals surface area (Å²) in [5.74, 6) is -0.913. The van der Waals surface area contributed by atoms with Gasteiger partial charge >= 0.3 is 5.97 Å². The van der Waals surface area contributed by atoms with Crippen LogP contribution in [0.2, 0.25) is 0 Å². The zero-order valence-corrected chi connectivity index (χ0v) is 5.79. The number of carboxylic acid groups (broad SMARTS) is 1. The second-order valence-electron chi connectivity index (χ2n) is 1.96. The SMILES string of the molecule is O=C(O)/C=C/CCCCO. The van der Waals surface area contributed by atoms with E-state index in [1.54, 1.807) is 6.08 Å². The lowest BCUT2D eigenvalue weighted by Gasteiger charge is -1.89. The third-order valence-corrected chi connectivity index (χ3v) is 1.04. The molecule has 0 bridgehead atoms. The number of aliphatic carboxylic acids is 1. The highest BCUT2D eigenvalue weighted by atomic mass is 16.4. The van der Waals surface area contributed by atoms with E-state index in [1.807, 2.05) is 0 Å². The van der Waals surface area contributed by atoms with Gasteiger partial charge < -0.3 is 10.2 Å². The number of hydrogen-bond acceptors (Lipinski definition) is 2. The first-order chi connectivity index (χ1) is 4.77. The fourth-order valence-corrected chi connectivity index (χ4v) is 0.558. The highest BCUT2D eigenvalue weighted by molar-refractivity contribution is 5.79. The molecule has 0 aromatic heterocycles. The van der Waals surface area contributed by atoms with E-state index in [1.165, 1.54) is 0 Å². The Balaban J connectivity index is 3.10. The first-order valence-electron chi connectivity index (χ1n) is 3.27. The summed E-state index contributed by atoms with van der Waals surface area (Å²) in [6.07, 6.45) is 5.03. The molecule has 0 amide bonds. The number of carboxylic acids is 1. The molecule has 3 heteroatoms. The van der Waals surface area contributed by atoms with E-state index in [4.69, 9.17) is 10.2 Å². The highest BCUT2D eigenvalue weighted by Crippen LogP contribution is 1.94. The van der Waals surface area contributed by atoms with E-state index in [0.29, 0.717) is 0 Å². The molecule has 0 saturated heterocycles. The molecular weight excluding hydrogens is 132 g/mol. The molecule has 0 rings (SSSR count). The third-order valence-electron chi connectivity index (χ3n) is 1.04. The first-order valence-corrected chi connectivity index (χ1v) is 3.27. The summed E-state index contributed by atoms with van der Waals surface area (Å²) in [6, 6.07) is 0. The lowest BCUT2D eigenvalue weighted by atomic mass is 10.2. The Kier molecular flexibility index (Phi) is 5.77. The molecule has 0 unspecified atom stereocenters. The third kappa shape index (κ3) is 7.17. The van der Waals surface area contributed by atoms with Gasteiger partial charge in [-0.05, 0) is 19.3 Å². The fourth-order valence-electron chi connectivity index (χ4n) is 0.558. The Morgan fingerprint density at radius 2 is 2.10 bits per heavy atom. The summed E-state index contributed by atoms with van der Waals surface area (Å²) in [5, 5.41) is 16.5. The van der Waals surface area contributed by atoms with Gasteiger partial charge in [0.15, 0.2) is 0 Å². The van der Waals surface area contributed by atoms with Crippen molar-refractivity contribution in [2.24, 2.45) is 0 Å². The van der Waals surface area contributed by atoms with Gasteiger partial charge in [-0.15, -0.1) is 0 Å². The molecule has 3 nitrogen and oxygen atoms in total. The molecule has 0 aliphatic carbocycles. The van der Waals surface area contributed by atoms with Crippen molar-refractivity contribution in [2.45, 2.75) is 19.3 Å². The second-order valence-corrected chi connectivity index (χ2v) is 1.96. The smallest absolute Gasteiger partial charge is 0.327 e. The standard InChI is InChI=1S/C7H12O3/c8-6-4-2-1-3-5-7(9)10/h3,5,8H,1-2,4,6H2,(H,9,10)/b5-3+. The van der Waals surface area contributed by atoms with Crippen LogP contribution in [-0.4, -0.2) is 22.8 Å². The molecule has 0 aromatic carbocycles. The average Bonchev–Trinajstić information content (AvgIpc) is 1.87. The number of unbranched alkanes of at least 4 members (excludes halogenated alkanes) is 2. The molecule has 0 heterocycles. The number of rotatable bonds is 5. The Morgan fingerprint density at radius 3 is 2.60 bits per heavy atom. The lowest BCUT2D eigenvalue weighted by Crippen LogP contribution is -1.86. The number of allylic oxidation sites excluding steroid dienone is 1. The quantitative estimate of drug-likeness (QED) is 0.443. The Labute approximate surface area is 60.0 Å².